The molecule has 2 aliphatic heterocycles. The number of aromatic nitrogens is 2. The molecule has 0 unspecified atom stereocenters. The van der Waals surface area contributed by atoms with Gasteiger partial charge in [-0.15, -0.1) is 10.2 Å². The molecule has 156 valence electrons. The highest BCUT2D eigenvalue weighted by Crippen LogP contribution is 2.41. The van der Waals surface area contributed by atoms with Crippen molar-refractivity contribution in [3.05, 3.63) is 34.4 Å². The maximum atomic E-state index is 13.0. The second-order valence-electron chi connectivity index (χ2n) is 8.16. The van der Waals surface area contributed by atoms with Crippen molar-refractivity contribution in [2.45, 2.75) is 45.3 Å². The minimum absolute atomic E-state index is 0.321. The van der Waals surface area contributed by atoms with Crippen LogP contribution in [0.1, 0.15) is 35.1 Å². The molecule has 1 fully saturated rings. The summed E-state index contributed by atoms with van der Waals surface area (Å²) in [5, 5.41) is 19.2. The smallest absolute Gasteiger partial charge is 0.416 e. The van der Waals surface area contributed by atoms with Crippen molar-refractivity contribution in [1.29, 1.82) is 0 Å². The number of nitrogens with zero attached hydrogens (tertiary/aromatic N) is 4. The second-order valence-corrected chi connectivity index (χ2v) is 8.16. The summed E-state index contributed by atoms with van der Waals surface area (Å²) >= 11 is 0. The Morgan fingerprint density at radius 3 is 2.55 bits per heavy atom. The number of rotatable bonds is 2. The Kier molecular flexibility index (Phi) is 4.93. The number of fused-ring (bicyclic) bond motifs is 1. The molecule has 0 aliphatic carbocycles. The number of phenols is 1. The van der Waals surface area contributed by atoms with E-state index < -0.39 is 17.5 Å². The first-order chi connectivity index (χ1) is 13.7. The molecular formula is C21H25F3N4O. The summed E-state index contributed by atoms with van der Waals surface area (Å²) in [4.78, 5) is 4.64. The average Bonchev–Trinajstić information content (AvgIpc) is 3.07. The first-order valence-electron chi connectivity index (χ1n) is 9.89. The molecule has 0 amide bonds. The fourth-order valence-electron chi connectivity index (χ4n) is 4.64. The topological polar surface area (TPSA) is 52.5 Å². The molecule has 1 aromatic carbocycles. The Labute approximate surface area is 168 Å². The molecule has 4 rings (SSSR count). The van der Waals surface area contributed by atoms with E-state index in [4.69, 9.17) is 0 Å². The molecule has 3 heterocycles. The number of halogens is 3. The van der Waals surface area contributed by atoms with Gasteiger partial charge in [-0.3, -0.25) is 0 Å². The van der Waals surface area contributed by atoms with E-state index >= 15 is 0 Å². The van der Waals surface area contributed by atoms with Crippen LogP contribution >= 0.6 is 0 Å². The largest absolute Gasteiger partial charge is 0.507 e. The van der Waals surface area contributed by atoms with Crippen LogP contribution in [-0.2, 0) is 12.6 Å². The van der Waals surface area contributed by atoms with E-state index in [-0.39, 0.29) is 0 Å². The van der Waals surface area contributed by atoms with Crippen molar-refractivity contribution in [1.82, 2.24) is 15.1 Å². The average molecular weight is 406 g/mol. The number of hydrogen-bond acceptors (Lipinski definition) is 5. The number of piperidine rings is 1. The molecule has 0 bridgehead atoms. The van der Waals surface area contributed by atoms with E-state index in [1.54, 1.807) is 6.92 Å². The molecule has 1 aromatic heterocycles. The van der Waals surface area contributed by atoms with E-state index in [1.807, 2.05) is 6.92 Å². The van der Waals surface area contributed by atoms with Crippen molar-refractivity contribution < 1.29 is 18.3 Å². The first kappa shape index (κ1) is 19.9. The van der Waals surface area contributed by atoms with E-state index in [0.717, 1.165) is 68.0 Å². The zero-order valence-corrected chi connectivity index (χ0v) is 16.8. The van der Waals surface area contributed by atoms with E-state index in [9.17, 15) is 18.3 Å². The summed E-state index contributed by atoms with van der Waals surface area (Å²) in [6.45, 7) is 6.43. The summed E-state index contributed by atoms with van der Waals surface area (Å²) in [7, 11) is 2.12. The van der Waals surface area contributed by atoms with Crippen LogP contribution < -0.4 is 4.90 Å². The highest BCUT2D eigenvalue weighted by Gasteiger charge is 2.34. The molecule has 29 heavy (non-hydrogen) atoms. The van der Waals surface area contributed by atoms with Gasteiger partial charge >= 0.3 is 6.18 Å². The molecule has 0 saturated carbocycles. The first-order valence-corrected chi connectivity index (χ1v) is 9.89. The molecule has 1 atom stereocenters. The van der Waals surface area contributed by atoms with Crippen LogP contribution in [0.4, 0.5) is 19.0 Å². The number of likely N-dealkylation sites (N-methyl/N-ethyl adjacent to an activating group) is 1. The second kappa shape index (κ2) is 7.16. The Morgan fingerprint density at radius 2 is 1.90 bits per heavy atom. The van der Waals surface area contributed by atoms with Gasteiger partial charge in [0.05, 0.1) is 5.56 Å². The van der Waals surface area contributed by atoms with Gasteiger partial charge in [0.15, 0.2) is 5.82 Å². The molecule has 5 nitrogen and oxygen atoms in total. The van der Waals surface area contributed by atoms with Gasteiger partial charge in [0.1, 0.15) is 11.4 Å². The van der Waals surface area contributed by atoms with E-state index in [2.05, 4.69) is 27.0 Å². The number of alkyl halides is 3. The lowest BCUT2D eigenvalue weighted by Gasteiger charge is -2.36. The van der Waals surface area contributed by atoms with Gasteiger partial charge in [-0.25, -0.2) is 0 Å². The molecular weight excluding hydrogens is 381 g/mol. The highest BCUT2D eigenvalue weighted by atomic mass is 19.4. The number of aromatic hydroxyl groups is 1. The molecule has 0 spiro atoms. The molecule has 0 radical (unpaired) electrons. The Balaban J connectivity index is 1.72. The third kappa shape index (κ3) is 3.54. The Hall–Kier alpha value is -2.35. The van der Waals surface area contributed by atoms with Gasteiger partial charge in [0.2, 0.25) is 0 Å². The van der Waals surface area contributed by atoms with Crippen molar-refractivity contribution in [2.75, 3.05) is 31.6 Å². The van der Waals surface area contributed by atoms with Crippen molar-refractivity contribution in [2.24, 2.45) is 0 Å². The van der Waals surface area contributed by atoms with Crippen molar-refractivity contribution in [3.8, 4) is 17.0 Å². The zero-order valence-electron chi connectivity index (χ0n) is 16.8. The Bertz CT molecular complexity index is 921. The quantitative estimate of drug-likeness (QED) is 0.819. The van der Waals surface area contributed by atoms with Crippen LogP contribution in [-0.4, -0.2) is 52.9 Å². The standard InChI is InChI=1S/C21H25F3N4O/c1-12-9-14(21(22,23)24)10-17(29)18(12)19-13(2)16-6-8-28(20(16)26-25-19)15-5-4-7-27(3)11-15/h9-10,15,29H,4-8,11H2,1-3H3/t15-/m1/s1. The summed E-state index contributed by atoms with van der Waals surface area (Å²) in [5.74, 6) is 0.453. The molecule has 1 N–H and O–H groups in total. The lowest BCUT2D eigenvalue weighted by Crippen LogP contribution is -2.46. The van der Waals surface area contributed by atoms with E-state index in [0.29, 0.717) is 22.9 Å². The van der Waals surface area contributed by atoms with Crippen LogP contribution in [0.2, 0.25) is 0 Å². The number of likely N-dealkylation sites (tertiary alicyclic amines) is 1. The lowest BCUT2D eigenvalue weighted by molar-refractivity contribution is -0.137. The normalized spacial score (nSPS) is 20.2. The number of aryl methyl sites for hydroxylation is 1. The maximum Gasteiger partial charge on any atom is 0.416 e. The van der Waals surface area contributed by atoms with Gasteiger partial charge in [-0.2, -0.15) is 13.2 Å². The lowest BCUT2D eigenvalue weighted by atomic mass is 9.96. The molecule has 2 aliphatic rings. The van der Waals surface area contributed by atoms with Crippen LogP contribution in [0.5, 0.6) is 5.75 Å². The van der Waals surface area contributed by atoms with Crippen LogP contribution in [0.15, 0.2) is 12.1 Å². The monoisotopic (exact) mass is 406 g/mol. The molecule has 8 heteroatoms. The predicted octanol–water partition coefficient (Wildman–Crippen LogP) is 3.94. The van der Waals surface area contributed by atoms with Crippen LogP contribution in [0.3, 0.4) is 0 Å². The van der Waals surface area contributed by atoms with Crippen LogP contribution in [0, 0.1) is 13.8 Å². The molecule has 2 aromatic rings. The molecule has 1 saturated heterocycles. The minimum Gasteiger partial charge on any atom is -0.507 e. The number of hydrogen-bond donors (Lipinski definition) is 1. The van der Waals surface area contributed by atoms with Crippen molar-refractivity contribution in [3.63, 3.8) is 0 Å². The summed E-state index contributed by atoms with van der Waals surface area (Å²) in [6, 6.07) is 2.21. The predicted molar refractivity (Wildman–Crippen MR) is 105 cm³/mol. The Morgan fingerprint density at radius 1 is 1.14 bits per heavy atom. The zero-order chi connectivity index (χ0) is 20.9. The number of phenolic OH excluding ortho intramolecular Hbond substituents is 1. The van der Waals surface area contributed by atoms with Gasteiger partial charge in [0.25, 0.3) is 0 Å². The number of anilines is 1. The van der Waals surface area contributed by atoms with Gasteiger partial charge in [-0.1, -0.05) is 0 Å². The highest BCUT2D eigenvalue weighted by molar-refractivity contribution is 5.76. The third-order valence-corrected chi connectivity index (χ3v) is 6.12. The SMILES string of the molecule is Cc1cc(C(F)(F)F)cc(O)c1-c1nnc2c(c1C)CCN2[C@@H]1CCCN(C)C1. The fraction of sp³-hybridized carbons (Fsp3) is 0.524. The van der Waals surface area contributed by atoms with Crippen molar-refractivity contribution >= 4 is 5.82 Å². The summed E-state index contributed by atoms with van der Waals surface area (Å²) in [5.41, 5.74) is 2.19. The van der Waals surface area contributed by atoms with Gasteiger partial charge in [-0.05, 0) is 70.0 Å². The van der Waals surface area contributed by atoms with Crippen LogP contribution in [0.25, 0.3) is 11.3 Å². The summed E-state index contributed by atoms with van der Waals surface area (Å²) < 4.78 is 39.1. The minimum atomic E-state index is -4.51. The third-order valence-electron chi connectivity index (χ3n) is 6.12. The maximum absolute atomic E-state index is 13.0. The fourth-order valence-corrected chi connectivity index (χ4v) is 4.64. The van der Waals surface area contributed by atoms with Gasteiger partial charge < -0.3 is 14.9 Å². The summed E-state index contributed by atoms with van der Waals surface area (Å²) in [6.07, 6.45) is -1.42. The number of benzene rings is 1. The van der Waals surface area contributed by atoms with Gasteiger partial charge in [0, 0.05) is 30.3 Å². The van der Waals surface area contributed by atoms with E-state index in [1.165, 1.54) is 0 Å².